The van der Waals surface area contributed by atoms with Crippen LogP contribution in [0.3, 0.4) is 0 Å². The average Bonchev–Trinajstić information content (AvgIpc) is 2.39. The molecule has 1 aliphatic heterocycles. The van der Waals surface area contributed by atoms with Crippen molar-refractivity contribution in [1.29, 1.82) is 0 Å². The van der Waals surface area contributed by atoms with E-state index in [2.05, 4.69) is 23.9 Å². The van der Waals surface area contributed by atoms with Crippen molar-refractivity contribution in [2.24, 2.45) is 0 Å². The Morgan fingerprint density at radius 1 is 1.19 bits per heavy atom. The van der Waals surface area contributed by atoms with E-state index in [4.69, 9.17) is 4.74 Å². The second-order valence-electron chi connectivity index (χ2n) is 5.76. The maximum absolute atomic E-state index is 12.0. The third-order valence-electron chi connectivity index (χ3n) is 3.81. The number of aryl methyl sites for hydroxylation is 1. The Morgan fingerprint density at radius 2 is 1.81 bits per heavy atom. The van der Waals surface area contributed by atoms with Crippen LogP contribution in [0.2, 0.25) is 0 Å². The molecule has 2 rings (SSSR count). The van der Waals surface area contributed by atoms with Gasteiger partial charge in [0.2, 0.25) is 10.0 Å². The summed E-state index contributed by atoms with van der Waals surface area (Å²) in [5, 5.41) is 3.43. The zero-order valence-corrected chi connectivity index (χ0v) is 13.8. The SMILES string of the molecule is CNS(=O)(=O)c1cc(NC2CC(C)OC(C)C2)ccc1C. The molecule has 1 fully saturated rings. The molecule has 1 heterocycles. The first kappa shape index (κ1) is 16.3. The molecule has 0 aromatic heterocycles. The summed E-state index contributed by atoms with van der Waals surface area (Å²) in [6, 6.07) is 5.76. The summed E-state index contributed by atoms with van der Waals surface area (Å²) in [6.45, 7) is 5.93. The van der Waals surface area contributed by atoms with Gasteiger partial charge in [0, 0.05) is 11.7 Å². The normalized spacial score (nSPS) is 26.6. The monoisotopic (exact) mass is 312 g/mol. The molecular weight excluding hydrogens is 288 g/mol. The molecule has 1 aliphatic rings. The lowest BCUT2D eigenvalue weighted by atomic mass is 9.99. The van der Waals surface area contributed by atoms with Crippen LogP contribution < -0.4 is 10.0 Å². The lowest BCUT2D eigenvalue weighted by molar-refractivity contribution is -0.0337. The van der Waals surface area contributed by atoms with Crippen LogP contribution in [0, 0.1) is 6.92 Å². The summed E-state index contributed by atoms with van der Waals surface area (Å²) >= 11 is 0. The van der Waals surface area contributed by atoms with Gasteiger partial charge in [-0.3, -0.25) is 0 Å². The van der Waals surface area contributed by atoms with Gasteiger partial charge in [0.25, 0.3) is 0 Å². The molecular formula is C15H24N2O3S. The largest absolute Gasteiger partial charge is 0.382 e. The number of hydrogen-bond acceptors (Lipinski definition) is 4. The third kappa shape index (κ3) is 3.96. The van der Waals surface area contributed by atoms with Crippen molar-refractivity contribution in [3.8, 4) is 0 Å². The lowest BCUT2D eigenvalue weighted by Gasteiger charge is -2.33. The minimum absolute atomic E-state index is 0.220. The third-order valence-corrected chi connectivity index (χ3v) is 5.37. The van der Waals surface area contributed by atoms with Crippen molar-refractivity contribution in [3.05, 3.63) is 23.8 Å². The minimum atomic E-state index is -3.43. The van der Waals surface area contributed by atoms with E-state index in [0.717, 1.165) is 24.1 Å². The standard InChI is InChI=1S/C15H24N2O3S/c1-10-5-6-13(9-15(10)21(18,19)16-4)17-14-7-11(2)20-12(3)8-14/h5-6,9,11-12,14,16-17H,7-8H2,1-4H3. The van der Waals surface area contributed by atoms with Crippen LogP contribution in [0.4, 0.5) is 5.69 Å². The quantitative estimate of drug-likeness (QED) is 0.895. The molecule has 1 aromatic carbocycles. The van der Waals surface area contributed by atoms with Crippen LogP contribution in [0.15, 0.2) is 23.1 Å². The maximum Gasteiger partial charge on any atom is 0.240 e. The summed E-state index contributed by atoms with van der Waals surface area (Å²) in [7, 11) is -2.00. The highest BCUT2D eigenvalue weighted by Gasteiger charge is 2.24. The van der Waals surface area contributed by atoms with E-state index >= 15 is 0 Å². The van der Waals surface area contributed by atoms with Crippen LogP contribution in [0.1, 0.15) is 32.3 Å². The van der Waals surface area contributed by atoms with Crippen molar-refractivity contribution in [2.75, 3.05) is 12.4 Å². The molecule has 118 valence electrons. The predicted molar refractivity (Wildman–Crippen MR) is 84.1 cm³/mol. The molecule has 0 radical (unpaired) electrons. The Labute approximate surface area is 127 Å². The van der Waals surface area contributed by atoms with Crippen molar-refractivity contribution >= 4 is 15.7 Å². The molecule has 2 unspecified atom stereocenters. The molecule has 2 N–H and O–H groups in total. The molecule has 0 saturated carbocycles. The predicted octanol–water partition coefficient (Wildman–Crippen LogP) is 2.27. The Hall–Kier alpha value is -1.11. The first-order valence-corrected chi connectivity index (χ1v) is 8.76. The number of hydrogen-bond donors (Lipinski definition) is 2. The lowest BCUT2D eigenvalue weighted by Crippen LogP contribution is -2.36. The van der Waals surface area contributed by atoms with Gasteiger partial charge in [0.1, 0.15) is 0 Å². The number of sulfonamides is 1. The van der Waals surface area contributed by atoms with Crippen LogP contribution in [-0.4, -0.2) is 33.7 Å². The molecule has 5 nitrogen and oxygen atoms in total. The van der Waals surface area contributed by atoms with E-state index in [1.807, 2.05) is 12.1 Å². The Balaban J connectivity index is 2.20. The second kappa shape index (κ2) is 6.34. The molecule has 1 aromatic rings. The average molecular weight is 312 g/mol. The molecule has 0 bridgehead atoms. The molecule has 0 amide bonds. The van der Waals surface area contributed by atoms with Gasteiger partial charge in [-0.15, -0.1) is 0 Å². The van der Waals surface area contributed by atoms with E-state index in [-0.39, 0.29) is 12.2 Å². The zero-order valence-electron chi connectivity index (χ0n) is 13.0. The number of rotatable bonds is 4. The number of anilines is 1. The van der Waals surface area contributed by atoms with Gasteiger partial charge >= 0.3 is 0 Å². The van der Waals surface area contributed by atoms with Gasteiger partial charge in [-0.2, -0.15) is 0 Å². The van der Waals surface area contributed by atoms with Gasteiger partial charge in [0.05, 0.1) is 17.1 Å². The van der Waals surface area contributed by atoms with E-state index in [1.165, 1.54) is 7.05 Å². The van der Waals surface area contributed by atoms with Gasteiger partial charge in [-0.1, -0.05) is 6.07 Å². The van der Waals surface area contributed by atoms with Crippen LogP contribution in [0.25, 0.3) is 0 Å². The fourth-order valence-electron chi connectivity index (χ4n) is 2.85. The van der Waals surface area contributed by atoms with E-state index in [9.17, 15) is 8.42 Å². The Kier molecular flexibility index (Phi) is 4.91. The minimum Gasteiger partial charge on any atom is -0.382 e. The number of nitrogens with one attached hydrogen (secondary N) is 2. The smallest absolute Gasteiger partial charge is 0.240 e. The van der Waals surface area contributed by atoms with E-state index in [0.29, 0.717) is 10.9 Å². The van der Waals surface area contributed by atoms with Gasteiger partial charge in [-0.25, -0.2) is 13.1 Å². The second-order valence-corrected chi connectivity index (χ2v) is 7.61. The van der Waals surface area contributed by atoms with Crippen LogP contribution in [0.5, 0.6) is 0 Å². The van der Waals surface area contributed by atoms with Crippen LogP contribution >= 0.6 is 0 Å². The van der Waals surface area contributed by atoms with Crippen molar-refractivity contribution in [3.63, 3.8) is 0 Å². The molecule has 1 saturated heterocycles. The maximum atomic E-state index is 12.0. The Bertz CT molecular complexity index is 591. The number of benzene rings is 1. The highest BCUT2D eigenvalue weighted by molar-refractivity contribution is 7.89. The van der Waals surface area contributed by atoms with E-state index < -0.39 is 10.0 Å². The van der Waals surface area contributed by atoms with Crippen molar-refractivity contribution in [2.45, 2.75) is 56.8 Å². The van der Waals surface area contributed by atoms with Crippen molar-refractivity contribution < 1.29 is 13.2 Å². The van der Waals surface area contributed by atoms with Gasteiger partial charge in [0.15, 0.2) is 0 Å². The Morgan fingerprint density at radius 3 is 2.38 bits per heavy atom. The molecule has 2 atom stereocenters. The summed E-state index contributed by atoms with van der Waals surface area (Å²) in [6.07, 6.45) is 2.29. The highest BCUT2D eigenvalue weighted by atomic mass is 32.2. The van der Waals surface area contributed by atoms with E-state index in [1.54, 1.807) is 13.0 Å². The zero-order chi connectivity index (χ0) is 15.6. The van der Waals surface area contributed by atoms with Crippen LogP contribution in [-0.2, 0) is 14.8 Å². The van der Waals surface area contributed by atoms with Gasteiger partial charge in [-0.05, 0) is 58.4 Å². The molecule has 0 aliphatic carbocycles. The summed E-state index contributed by atoms with van der Waals surface area (Å²) in [4.78, 5) is 0.322. The fourth-order valence-corrected chi connectivity index (χ4v) is 3.84. The molecule has 0 spiro atoms. The summed E-state index contributed by atoms with van der Waals surface area (Å²) in [5.41, 5.74) is 1.57. The number of ether oxygens (including phenoxy) is 1. The molecule has 6 heteroatoms. The first-order chi connectivity index (χ1) is 9.81. The summed E-state index contributed by atoms with van der Waals surface area (Å²) < 4.78 is 32.1. The first-order valence-electron chi connectivity index (χ1n) is 7.28. The van der Waals surface area contributed by atoms with Gasteiger partial charge < -0.3 is 10.1 Å². The fraction of sp³-hybridized carbons (Fsp3) is 0.600. The summed E-state index contributed by atoms with van der Waals surface area (Å²) in [5.74, 6) is 0. The highest BCUT2D eigenvalue weighted by Crippen LogP contribution is 2.25. The topological polar surface area (TPSA) is 67.4 Å². The molecule has 21 heavy (non-hydrogen) atoms. The van der Waals surface area contributed by atoms with Crippen molar-refractivity contribution in [1.82, 2.24) is 4.72 Å².